The number of aliphatic hydroxyl groups excluding tert-OH is 2. The zero-order valence-corrected chi connectivity index (χ0v) is 21.3. The van der Waals surface area contributed by atoms with Gasteiger partial charge in [0.05, 0.1) is 18.8 Å². The minimum absolute atomic E-state index is 0.103. The molecule has 1 aliphatic rings. The van der Waals surface area contributed by atoms with Gasteiger partial charge in [0.15, 0.2) is 5.78 Å². The molecule has 4 atom stereocenters. The number of benzene rings is 2. The Labute approximate surface area is 209 Å². The van der Waals surface area contributed by atoms with Crippen LogP contribution in [0.2, 0.25) is 0 Å². The Hall–Kier alpha value is -3.20. The summed E-state index contributed by atoms with van der Waals surface area (Å²) < 4.78 is 22.7. The fraction of sp³-hybridized carbons (Fsp3) is 0.429. The zero-order valence-electron chi connectivity index (χ0n) is 21.3. The highest BCUT2D eigenvalue weighted by molar-refractivity contribution is 5.98. The topological polar surface area (TPSA) is 115 Å². The van der Waals surface area contributed by atoms with E-state index in [0.717, 1.165) is 5.56 Å². The van der Waals surface area contributed by atoms with Crippen molar-refractivity contribution < 1.29 is 33.6 Å². The summed E-state index contributed by atoms with van der Waals surface area (Å²) in [7, 11) is 1.57. The fourth-order valence-electron chi connectivity index (χ4n) is 4.49. The van der Waals surface area contributed by atoms with Crippen LogP contribution in [0.1, 0.15) is 47.8 Å². The predicted octanol–water partition coefficient (Wildman–Crippen LogP) is 3.72. The van der Waals surface area contributed by atoms with Gasteiger partial charge in [-0.15, -0.1) is 0 Å². The molecule has 2 N–H and O–H groups in total. The normalized spacial score (nSPS) is 23.4. The standard InChI is InChI=1S/C28H32O8/c1-14-11-17(7-9-21(14)33-6)20(29)13-19-12-18-8-10-22(15(2)25(18)35-26(19)32)34-27-24(31)23(30)16(3)28(4,5)36-27/h7-12,16,23-24,27,30-31H,13H2,1-6H3/t16-,23+,24?,27-/m1/s1. The smallest absolute Gasteiger partial charge is 0.339 e. The van der Waals surface area contributed by atoms with E-state index in [0.29, 0.717) is 33.6 Å². The number of carbonyl (C=O) groups excluding carboxylic acids is 1. The Morgan fingerprint density at radius 1 is 1.06 bits per heavy atom. The number of aliphatic hydroxyl groups is 2. The maximum atomic E-state index is 12.8. The molecule has 2 aromatic carbocycles. The van der Waals surface area contributed by atoms with Crippen molar-refractivity contribution in [1.29, 1.82) is 0 Å². The predicted molar refractivity (Wildman–Crippen MR) is 134 cm³/mol. The van der Waals surface area contributed by atoms with Gasteiger partial charge in [0.2, 0.25) is 6.29 Å². The van der Waals surface area contributed by atoms with Crippen LogP contribution in [0.3, 0.4) is 0 Å². The van der Waals surface area contributed by atoms with Gasteiger partial charge in [0.1, 0.15) is 23.2 Å². The van der Waals surface area contributed by atoms with Crippen molar-refractivity contribution in [2.24, 2.45) is 5.92 Å². The van der Waals surface area contributed by atoms with E-state index in [1.54, 1.807) is 57.4 Å². The van der Waals surface area contributed by atoms with Gasteiger partial charge in [-0.25, -0.2) is 4.79 Å². The lowest BCUT2D eigenvalue weighted by molar-refractivity contribution is -0.285. The van der Waals surface area contributed by atoms with E-state index in [9.17, 15) is 19.8 Å². The molecule has 192 valence electrons. The number of fused-ring (bicyclic) bond motifs is 1. The highest BCUT2D eigenvalue weighted by Crippen LogP contribution is 2.36. The van der Waals surface area contributed by atoms with E-state index >= 15 is 0 Å². The molecule has 8 heteroatoms. The average molecular weight is 497 g/mol. The van der Waals surface area contributed by atoms with Crippen molar-refractivity contribution in [3.8, 4) is 11.5 Å². The van der Waals surface area contributed by atoms with Crippen molar-refractivity contribution in [2.75, 3.05) is 7.11 Å². The first-order valence-electron chi connectivity index (χ1n) is 11.9. The van der Waals surface area contributed by atoms with Crippen LogP contribution in [-0.2, 0) is 11.2 Å². The van der Waals surface area contributed by atoms with E-state index in [4.69, 9.17) is 18.6 Å². The Morgan fingerprint density at radius 2 is 1.75 bits per heavy atom. The van der Waals surface area contributed by atoms with Crippen molar-refractivity contribution >= 4 is 16.8 Å². The van der Waals surface area contributed by atoms with Crippen LogP contribution < -0.4 is 15.1 Å². The van der Waals surface area contributed by atoms with Crippen LogP contribution >= 0.6 is 0 Å². The number of rotatable bonds is 6. The first-order valence-corrected chi connectivity index (χ1v) is 11.9. The van der Waals surface area contributed by atoms with E-state index in [1.807, 2.05) is 20.8 Å². The van der Waals surface area contributed by atoms with E-state index in [2.05, 4.69) is 0 Å². The lowest BCUT2D eigenvalue weighted by Crippen LogP contribution is -2.59. The minimum atomic E-state index is -1.25. The van der Waals surface area contributed by atoms with Gasteiger partial charge < -0.3 is 28.8 Å². The average Bonchev–Trinajstić information content (AvgIpc) is 2.83. The lowest BCUT2D eigenvalue weighted by atomic mass is 9.82. The highest BCUT2D eigenvalue weighted by Gasteiger charge is 2.47. The van der Waals surface area contributed by atoms with Crippen LogP contribution in [0.25, 0.3) is 11.0 Å². The molecule has 0 aliphatic carbocycles. The SMILES string of the molecule is COc1ccc(C(=O)Cc2cc3ccc(O[C@@H]4OC(C)(C)[C@H](C)[C@H](O)C4O)c(C)c3oc2=O)cc1C. The van der Waals surface area contributed by atoms with Crippen LogP contribution in [0.5, 0.6) is 11.5 Å². The first kappa shape index (κ1) is 25.9. The number of hydrogen-bond acceptors (Lipinski definition) is 8. The third kappa shape index (κ3) is 4.76. The summed E-state index contributed by atoms with van der Waals surface area (Å²) in [5.74, 6) is 0.530. The van der Waals surface area contributed by atoms with Gasteiger partial charge in [-0.1, -0.05) is 6.92 Å². The van der Waals surface area contributed by atoms with Crippen molar-refractivity contribution in [3.63, 3.8) is 0 Å². The van der Waals surface area contributed by atoms with Crippen LogP contribution in [0.4, 0.5) is 0 Å². The second-order valence-corrected chi connectivity index (χ2v) is 9.93. The second-order valence-electron chi connectivity index (χ2n) is 9.93. The summed E-state index contributed by atoms with van der Waals surface area (Å²) in [5.41, 5.74) is 1.08. The molecule has 0 radical (unpaired) electrons. The molecule has 0 saturated carbocycles. The van der Waals surface area contributed by atoms with Crippen LogP contribution in [-0.4, -0.2) is 47.2 Å². The molecule has 1 aliphatic heterocycles. The molecule has 1 fully saturated rings. The zero-order chi connectivity index (χ0) is 26.4. The highest BCUT2D eigenvalue weighted by atomic mass is 16.7. The van der Waals surface area contributed by atoms with Crippen LogP contribution in [0.15, 0.2) is 45.6 Å². The van der Waals surface area contributed by atoms with Crippen molar-refractivity contribution in [2.45, 2.75) is 65.1 Å². The number of Topliss-reactive ketones (excluding diaryl/α,β-unsaturated/α-hetero) is 1. The molecule has 0 amide bonds. The molecular weight excluding hydrogens is 464 g/mol. The molecule has 1 aromatic heterocycles. The summed E-state index contributed by atoms with van der Waals surface area (Å²) in [5, 5.41) is 21.6. The number of ketones is 1. The summed E-state index contributed by atoms with van der Waals surface area (Å²) in [6, 6.07) is 10.2. The molecule has 1 unspecified atom stereocenters. The monoisotopic (exact) mass is 496 g/mol. The summed E-state index contributed by atoms with van der Waals surface area (Å²) in [4.78, 5) is 25.6. The first-order chi connectivity index (χ1) is 16.9. The van der Waals surface area contributed by atoms with Crippen molar-refractivity contribution in [1.82, 2.24) is 0 Å². The number of methoxy groups -OCH3 is 1. The number of carbonyl (C=O) groups is 1. The Bertz CT molecular complexity index is 1360. The molecular formula is C28H32O8. The number of ether oxygens (including phenoxy) is 3. The number of hydrogen-bond donors (Lipinski definition) is 2. The van der Waals surface area contributed by atoms with E-state index in [1.165, 1.54) is 0 Å². The van der Waals surface area contributed by atoms with Gasteiger partial charge in [-0.2, -0.15) is 0 Å². The summed E-state index contributed by atoms with van der Waals surface area (Å²) in [6.45, 7) is 9.03. The van der Waals surface area contributed by atoms with E-state index < -0.39 is 29.7 Å². The molecule has 0 spiro atoms. The van der Waals surface area contributed by atoms with E-state index in [-0.39, 0.29) is 23.7 Å². The van der Waals surface area contributed by atoms with Gasteiger partial charge in [0.25, 0.3) is 0 Å². The third-order valence-electron chi connectivity index (χ3n) is 7.14. The Kier molecular flexibility index (Phi) is 6.96. The largest absolute Gasteiger partial charge is 0.496 e. The summed E-state index contributed by atoms with van der Waals surface area (Å²) in [6.07, 6.45) is -3.47. The molecule has 3 aromatic rings. The molecule has 4 rings (SSSR count). The molecule has 8 nitrogen and oxygen atoms in total. The van der Waals surface area contributed by atoms with Gasteiger partial charge >= 0.3 is 5.63 Å². The molecule has 2 heterocycles. The van der Waals surface area contributed by atoms with Gasteiger partial charge in [-0.3, -0.25) is 4.79 Å². The Balaban J connectivity index is 1.59. The van der Waals surface area contributed by atoms with Gasteiger partial charge in [-0.05, 0) is 69.7 Å². The van der Waals surface area contributed by atoms with Gasteiger partial charge in [0, 0.05) is 34.4 Å². The van der Waals surface area contributed by atoms with Crippen molar-refractivity contribution in [3.05, 3.63) is 69.1 Å². The maximum absolute atomic E-state index is 12.8. The molecule has 36 heavy (non-hydrogen) atoms. The Morgan fingerprint density at radius 3 is 2.42 bits per heavy atom. The number of aryl methyl sites for hydroxylation is 2. The minimum Gasteiger partial charge on any atom is -0.496 e. The fourth-order valence-corrected chi connectivity index (χ4v) is 4.49. The lowest BCUT2D eigenvalue weighted by Gasteiger charge is -2.46. The molecule has 0 bridgehead atoms. The quantitative estimate of drug-likeness (QED) is 0.392. The third-order valence-corrected chi connectivity index (χ3v) is 7.14. The summed E-state index contributed by atoms with van der Waals surface area (Å²) >= 11 is 0. The molecule has 1 saturated heterocycles. The van der Waals surface area contributed by atoms with Crippen LogP contribution in [0, 0.1) is 19.8 Å². The second kappa shape index (κ2) is 9.69. The maximum Gasteiger partial charge on any atom is 0.339 e.